The lowest BCUT2D eigenvalue weighted by Crippen LogP contribution is -2.44. The van der Waals surface area contributed by atoms with Gasteiger partial charge in [-0.2, -0.15) is 0 Å². The van der Waals surface area contributed by atoms with Gasteiger partial charge >= 0.3 is 5.97 Å². The van der Waals surface area contributed by atoms with Crippen molar-refractivity contribution in [2.24, 2.45) is 11.3 Å². The maximum atomic E-state index is 12.5. The fourth-order valence-corrected chi connectivity index (χ4v) is 4.10. The van der Waals surface area contributed by atoms with Gasteiger partial charge in [0.25, 0.3) is 0 Å². The summed E-state index contributed by atoms with van der Waals surface area (Å²) in [6.07, 6.45) is 5.11. The van der Waals surface area contributed by atoms with E-state index in [9.17, 15) is 9.59 Å². The minimum Gasteiger partial charge on any atom is -0.461 e. The zero-order valence-electron chi connectivity index (χ0n) is 13.9. The number of esters is 1. The first-order chi connectivity index (χ1) is 9.82. The van der Waals surface area contributed by atoms with E-state index in [-0.39, 0.29) is 29.4 Å². The van der Waals surface area contributed by atoms with E-state index >= 15 is 0 Å². The molecule has 21 heavy (non-hydrogen) atoms. The summed E-state index contributed by atoms with van der Waals surface area (Å²) in [7, 11) is 0. The van der Waals surface area contributed by atoms with Crippen LogP contribution in [0.1, 0.15) is 66.2 Å². The Bertz CT molecular complexity index is 405. The average molecular weight is 295 g/mol. The monoisotopic (exact) mass is 295 g/mol. The van der Waals surface area contributed by atoms with Crippen molar-refractivity contribution in [3.05, 3.63) is 0 Å². The smallest absolute Gasteiger partial charge is 0.329 e. The first-order valence-corrected chi connectivity index (χ1v) is 8.32. The third-order valence-electron chi connectivity index (χ3n) is 4.77. The van der Waals surface area contributed by atoms with Gasteiger partial charge in [-0.15, -0.1) is 0 Å². The Morgan fingerprint density at radius 1 is 1.43 bits per heavy atom. The highest BCUT2D eigenvalue weighted by atomic mass is 16.5. The Hall–Kier alpha value is -1.06. The molecule has 120 valence electrons. The molecule has 1 heterocycles. The number of likely N-dealkylation sites (tertiary alicyclic amines) is 1. The number of rotatable bonds is 4. The van der Waals surface area contributed by atoms with Crippen molar-refractivity contribution in [3.8, 4) is 0 Å². The van der Waals surface area contributed by atoms with E-state index in [1.165, 1.54) is 6.42 Å². The number of carbonyl (C=O) groups excluding carboxylic acids is 2. The molecule has 4 nitrogen and oxygen atoms in total. The van der Waals surface area contributed by atoms with Crippen molar-refractivity contribution >= 4 is 11.9 Å². The van der Waals surface area contributed by atoms with Gasteiger partial charge in [-0.1, -0.05) is 27.7 Å². The molecule has 0 bridgehead atoms. The molecule has 0 radical (unpaired) electrons. The Labute approximate surface area is 128 Å². The van der Waals surface area contributed by atoms with Crippen LogP contribution in [0.2, 0.25) is 0 Å². The van der Waals surface area contributed by atoms with Crippen molar-refractivity contribution in [1.82, 2.24) is 4.90 Å². The number of nitrogens with zero attached hydrogens (tertiary/aromatic N) is 1. The average Bonchev–Trinajstić information content (AvgIpc) is 2.74. The summed E-state index contributed by atoms with van der Waals surface area (Å²) < 4.78 is 5.78. The topological polar surface area (TPSA) is 46.6 Å². The summed E-state index contributed by atoms with van der Waals surface area (Å²) >= 11 is 0. The lowest BCUT2D eigenvalue weighted by Gasteiger charge is -2.39. The van der Waals surface area contributed by atoms with Crippen molar-refractivity contribution in [2.75, 3.05) is 6.54 Å². The SMILES string of the molecule is CCC(C(=O)OC1CC(C)CC(C)(C)C1)N1CCCC1=O. The maximum absolute atomic E-state index is 12.5. The van der Waals surface area contributed by atoms with E-state index in [1.54, 1.807) is 4.90 Å². The van der Waals surface area contributed by atoms with E-state index in [0.717, 1.165) is 19.3 Å². The number of hydrogen-bond donors (Lipinski definition) is 0. The molecule has 1 aliphatic carbocycles. The number of amides is 1. The minimum atomic E-state index is -0.389. The summed E-state index contributed by atoms with van der Waals surface area (Å²) in [4.78, 5) is 26.0. The molecule has 0 aromatic heterocycles. The zero-order chi connectivity index (χ0) is 15.6. The highest BCUT2D eigenvalue weighted by Gasteiger charge is 2.37. The Morgan fingerprint density at radius 2 is 2.14 bits per heavy atom. The van der Waals surface area contributed by atoms with Crippen molar-refractivity contribution in [3.63, 3.8) is 0 Å². The van der Waals surface area contributed by atoms with Crippen molar-refractivity contribution in [2.45, 2.75) is 78.4 Å². The zero-order valence-corrected chi connectivity index (χ0v) is 13.9. The summed E-state index contributed by atoms with van der Waals surface area (Å²) in [6.45, 7) is 9.35. The van der Waals surface area contributed by atoms with E-state index in [2.05, 4.69) is 20.8 Å². The van der Waals surface area contributed by atoms with Crippen LogP contribution in [0.4, 0.5) is 0 Å². The van der Waals surface area contributed by atoms with Gasteiger partial charge in [0.05, 0.1) is 0 Å². The maximum Gasteiger partial charge on any atom is 0.329 e. The molecule has 1 saturated carbocycles. The van der Waals surface area contributed by atoms with Crippen LogP contribution in [-0.4, -0.2) is 35.5 Å². The molecule has 4 heteroatoms. The van der Waals surface area contributed by atoms with Crippen LogP contribution in [0.3, 0.4) is 0 Å². The van der Waals surface area contributed by atoms with Gasteiger partial charge in [-0.05, 0) is 43.4 Å². The molecule has 2 fully saturated rings. The molecular formula is C17H29NO3. The van der Waals surface area contributed by atoms with Gasteiger partial charge in [0.15, 0.2) is 0 Å². The molecule has 0 N–H and O–H groups in total. The molecule has 0 spiro atoms. The van der Waals surface area contributed by atoms with Crippen molar-refractivity contribution < 1.29 is 14.3 Å². The molecule has 2 aliphatic rings. The van der Waals surface area contributed by atoms with E-state index in [1.807, 2.05) is 6.92 Å². The van der Waals surface area contributed by atoms with Gasteiger partial charge in [-0.25, -0.2) is 4.79 Å². The molecule has 0 aromatic carbocycles. The highest BCUT2D eigenvalue weighted by Crippen LogP contribution is 2.39. The largest absolute Gasteiger partial charge is 0.461 e. The van der Waals surface area contributed by atoms with Crippen LogP contribution in [0.15, 0.2) is 0 Å². The van der Waals surface area contributed by atoms with Crippen LogP contribution in [0.25, 0.3) is 0 Å². The first kappa shape index (κ1) is 16.3. The Morgan fingerprint density at radius 3 is 2.67 bits per heavy atom. The second-order valence-corrected chi connectivity index (χ2v) is 7.59. The molecule has 2 rings (SSSR count). The number of hydrogen-bond acceptors (Lipinski definition) is 3. The second-order valence-electron chi connectivity index (χ2n) is 7.59. The van der Waals surface area contributed by atoms with Crippen LogP contribution in [-0.2, 0) is 14.3 Å². The third kappa shape index (κ3) is 3.98. The van der Waals surface area contributed by atoms with Crippen LogP contribution in [0, 0.1) is 11.3 Å². The molecule has 1 amide bonds. The summed E-state index contributed by atoms with van der Waals surface area (Å²) in [5.41, 5.74) is 0.230. The summed E-state index contributed by atoms with van der Waals surface area (Å²) in [5.74, 6) is 0.471. The predicted molar refractivity (Wildman–Crippen MR) is 81.7 cm³/mol. The lowest BCUT2D eigenvalue weighted by atomic mass is 9.71. The Balaban J connectivity index is 1.97. The van der Waals surface area contributed by atoms with Gasteiger partial charge in [0.1, 0.15) is 12.1 Å². The van der Waals surface area contributed by atoms with E-state index in [0.29, 0.717) is 25.3 Å². The predicted octanol–water partition coefficient (Wildman–Crippen LogP) is 3.15. The normalized spacial score (nSPS) is 30.3. The first-order valence-electron chi connectivity index (χ1n) is 8.32. The van der Waals surface area contributed by atoms with Crippen LogP contribution < -0.4 is 0 Å². The lowest BCUT2D eigenvalue weighted by molar-refractivity contribution is -0.162. The number of carbonyl (C=O) groups is 2. The van der Waals surface area contributed by atoms with Crippen LogP contribution >= 0.6 is 0 Å². The Kier molecular flexibility index (Phi) is 4.95. The van der Waals surface area contributed by atoms with E-state index in [4.69, 9.17) is 4.74 Å². The fraction of sp³-hybridized carbons (Fsp3) is 0.882. The second kappa shape index (κ2) is 6.37. The molecule has 3 unspecified atom stereocenters. The third-order valence-corrected chi connectivity index (χ3v) is 4.77. The number of ether oxygens (including phenoxy) is 1. The molecule has 3 atom stereocenters. The van der Waals surface area contributed by atoms with Gasteiger partial charge in [0, 0.05) is 13.0 Å². The van der Waals surface area contributed by atoms with Gasteiger partial charge in [0.2, 0.25) is 5.91 Å². The summed E-state index contributed by atoms with van der Waals surface area (Å²) in [5, 5.41) is 0. The minimum absolute atomic E-state index is 0.00278. The molecular weight excluding hydrogens is 266 g/mol. The summed E-state index contributed by atoms with van der Waals surface area (Å²) in [6, 6.07) is -0.389. The molecule has 0 aromatic rings. The van der Waals surface area contributed by atoms with Crippen molar-refractivity contribution in [1.29, 1.82) is 0 Å². The van der Waals surface area contributed by atoms with Gasteiger partial charge in [-0.3, -0.25) is 4.79 Å². The highest BCUT2D eigenvalue weighted by molar-refractivity contribution is 5.85. The standard InChI is InChI=1S/C17H29NO3/c1-5-14(18-8-6-7-15(18)19)16(20)21-13-9-12(2)10-17(3,4)11-13/h12-14H,5-11H2,1-4H3. The quantitative estimate of drug-likeness (QED) is 0.749. The van der Waals surface area contributed by atoms with Crippen LogP contribution in [0.5, 0.6) is 0 Å². The molecule has 1 saturated heterocycles. The van der Waals surface area contributed by atoms with E-state index < -0.39 is 0 Å². The molecule has 1 aliphatic heterocycles. The fourth-order valence-electron chi connectivity index (χ4n) is 4.10. The van der Waals surface area contributed by atoms with Gasteiger partial charge < -0.3 is 9.64 Å².